The molecule has 0 N–H and O–H groups in total. The van der Waals surface area contributed by atoms with Crippen molar-refractivity contribution >= 4 is 0 Å². The number of rotatable bonds is 25. The smallest absolute Gasteiger partial charge is 0.0783 e. The summed E-state index contributed by atoms with van der Waals surface area (Å²) < 4.78 is 0.0131. The van der Waals surface area contributed by atoms with E-state index >= 15 is 0 Å². The minimum Gasteiger partial charge on any atom is -0.633 e. The molecule has 0 radical (unpaired) electrons. The van der Waals surface area contributed by atoms with Crippen LogP contribution in [0.3, 0.4) is 0 Å². The van der Waals surface area contributed by atoms with Gasteiger partial charge < -0.3 is 9.85 Å². The van der Waals surface area contributed by atoms with Crippen molar-refractivity contribution in [2.45, 2.75) is 162 Å². The highest BCUT2D eigenvalue weighted by Gasteiger charge is 2.09. The fourth-order valence-electron chi connectivity index (χ4n) is 4.55. The van der Waals surface area contributed by atoms with E-state index in [9.17, 15) is 5.21 Å². The summed E-state index contributed by atoms with van der Waals surface area (Å²) in [5.41, 5.74) is 0. The Morgan fingerprint density at radius 3 is 0.833 bits per heavy atom. The second-order valence-corrected chi connectivity index (χ2v) is 9.84. The second kappa shape index (κ2) is 23.6. The Morgan fingerprint density at radius 1 is 0.367 bits per heavy atom. The predicted octanol–water partition coefficient (Wildman–Crippen LogP) is 9.94. The lowest BCUT2D eigenvalue weighted by Crippen LogP contribution is -2.42. The Morgan fingerprint density at radius 2 is 0.600 bits per heavy atom. The van der Waals surface area contributed by atoms with Gasteiger partial charge in [0.05, 0.1) is 19.6 Å². The number of hydrogen-bond acceptors (Lipinski definition) is 1. The zero-order valence-corrected chi connectivity index (χ0v) is 21.5. The zero-order valence-electron chi connectivity index (χ0n) is 21.5. The summed E-state index contributed by atoms with van der Waals surface area (Å²) >= 11 is 0. The molecule has 0 rings (SSSR count). The zero-order chi connectivity index (χ0) is 22.2. The van der Waals surface area contributed by atoms with Gasteiger partial charge in [0.2, 0.25) is 0 Å². The maximum Gasteiger partial charge on any atom is 0.0783 e. The summed E-state index contributed by atoms with van der Waals surface area (Å²) in [5, 5.41) is 12.2. The van der Waals surface area contributed by atoms with Crippen LogP contribution in [0.1, 0.15) is 162 Å². The van der Waals surface area contributed by atoms with Crippen molar-refractivity contribution in [3.05, 3.63) is 5.21 Å². The summed E-state index contributed by atoms with van der Waals surface area (Å²) in [6.45, 7) is 8.63. The van der Waals surface area contributed by atoms with Gasteiger partial charge in [-0.2, -0.15) is 0 Å². The molecule has 182 valence electrons. The first-order valence-electron chi connectivity index (χ1n) is 14.3. The van der Waals surface area contributed by atoms with E-state index in [4.69, 9.17) is 0 Å². The van der Waals surface area contributed by atoms with Crippen molar-refractivity contribution in [1.82, 2.24) is 0 Å². The van der Waals surface area contributed by atoms with E-state index in [-0.39, 0.29) is 4.65 Å². The lowest BCUT2D eigenvalue weighted by molar-refractivity contribution is -0.877. The van der Waals surface area contributed by atoms with Gasteiger partial charge in [0.1, 0.15) is 0 Å². The van der Waals surface area contributed by atoms with Gasteiger partial charge in [-0.05, 0) is 26.7 Å². The van der Waals surface area contributed by atoms with Crippen LogP contribution in [0.4, 0.5) is 0 Å². The molecule has 0 aromatic carbocycles. The number of nitrogens with zero attached hydrogens (tertiary/aromatic N) is 1. The van der Waals surface area contributed by atoms with E-state index < -0.39 is 0 Å². The third kappa shape index (κ3) is 21.2. The molecule has 0 fully saturated rings. The van der Waals surface area contributed by atoms with Crippen LogP contribution in [0, 0.1) is 5.21 Å². The summed E-state index contributed by atoms with van der Waals surface area (Å²) in [6.07, 6.45) is 31.2. The average molecular weight is 426 g/mol. The van der Waals surface area contributed by atoms with Crippen molar-refractivity contribution in [1.29, 1.82) is 0 Å². The highest BCUT2D eigenvalue weighted by atomic mass is 16.5. The molecule has 0 heterocycles. The molecule has 0 aromatic heterocycles. The van der Waals surface area contributed by atoms with Crippen LogP contribution in [0.25, 0.3) is 0 Å². The van der Waals surface area contributed by atoms with Gasteiger partial charge in [-0.1, -0.05) is 135 Å². The van der Waals surface area contributed by atoms with E-state index in [2.05, 4.69) is 6.92 Å². The molecule has 0 spiro atoms. The highest BCUT2D eigenvalue weighted by molar-refractivity contribution is 4.51. The summed E-state index contributed by atoms with van der Waals surface area (Å²) in [5.74, 6) is 0. The monoisotopic (exact) mass is 425 g/mol. The standard InChI is InChI=1S/C28H59NO/c1-4-7-8-9-10-11-12-13-14-15-16-17-18-19-20-21-22-23-24-25-26-27-28-29(30,5-2)6-3/h4-28H2,1-3H3. The van der Waals surface area contributed by atoms with Crippen molar-refractivity contribution in [3.8, 4) is 0 Å². The van der Waals surface area contributed by atoms with Crippen LogP contribution >= 0.6 is 0 Å². The van der Waals surface area contributed by atoms with Gasteiger partial charge in [0, 0.05) is 0 Å². The van der Waals surface area contributed by atoms with Gasteiger partial charge in [-0.25, -0.2) is 0 Å². The molecule has 0 saturated heterocycles. The quantitative estimate of drug-likeness (QED) is 0.0810. The molecule has 0 aliphatic rings. The van der Waals surface area contributed by atoms with Crippen molar-refractivity contribution in [3.63, 3.8) is 0 Å². The number of hydroxylamine groups is 3. The largest absolute Gasteiger partial charge is 0.633 e. The molecule has 2 nitrogen and oxygen atoms in total. The van der Waals surface area contributed by atoms with Gasteiger partial charge in [-0.3, -0.25) is 0 Å². The van der Waals surface area contributed by atoms with E-state index in [0.717, 1.165) is 26.1 Å². The molecule has 0 saturated carbocycles. The van der Waals surface area contributed by atoms with Crippen LogP contribution in [0.5, 0.6) is 0 Å². The normalized spacial score (nSPS) is 12.0. The first-order chi connectivity index (χ1) is 14.7. The molecule has 0 aliphatic heterocycles. The van der Waals surface area contributed by atoms with Crippen LogP contribution in [-0.2, 0) is 0 Å². The van der Waals surface area contributed by atoms with E-state index in [0.29, 0.717) is 0 Å². The van der Waals surface area contributed by atoms with Crippen LogP contribution in [0.15, 0.2) is 0 Å². The van der Waals surface area contributed by atoms with Crippen LogP contribution in [0.2, 0.25) is 0 Å². The topological polar surface area (TPSA) is 23.1 Å². The van der Waals surface area contributed by atoms with Crippen molar-refractivity contribution in [2.24, 2.45) is 0 Å². The van der Waals surface area contributed by atoms with E-state index in [1.165, 1.54) is 135 Å². The Labute approximate surface area is 191 Å². The van der Waals surface area contributed by atoms with Gasteiger partial charge in [0.25, 0.3) is 0 Å². The average Bonchev–Trinajstić information content (AvgIpc) is 2.77. The van der Waals surface area contributed by atoms with Crippen molar-refractivity contribution < 1.29 is 4.65 Å². The van der Waals surface area contributed by atoms with Gasteiger partial charge >= 0.3 is 0 Å². The molecular formula is C28H59NO. The molecule has 0 atom stereocenters. The van der Waals surface area contributed by atoms with Gasteiger partial charge in [0.15, 0.2) is 0 Å². The van der Waals surface area contributed by atoms with Gasteiger partial charge in [-0.15, -0.1) is 0 Å². The molecule has 0 unspecified atom stereocenters. The fourth-order valence-corrected chi connectivity index (χ4v) is 4.55. The number of quaternary nitrogens is 1. The summed E-state index contributed by atoms with van der Waals surface area (Å²) in [6, 6.07) is 0. The van der Waals surface area contributed by atoms with E-state index in [1.807, 2.05) is 13.8 Å². The third-order valence-corrected chi connectivity index (χ3v) is 7.07. The maximum atomic E-state index is 12.2. The highest BCUT2D eigenvalue weighted by Crippen LogP contribution is 2.15. The molecule has 2 heteroatoms. The SMILES string of the molecule is CCCCCCCCCCCCCCCCCCCCCCCC[N+]([O-])(CC)CC. The second-order valence-electron chi connectivity index (χ2n) is 9.84. The predicted molar refractivity (Wildman–Crippen MR) is 137 cm³/mol. The molecule has 0 aliphatic carbocycles. The lowest BCUT2D eigenvalue weighted by Gasteiger charge is -2.41. The molecule has 0 bridgehead atoms. The van der Waals surface area contributed by atoms with Crippen LogP contribution in [-0.4, -0.2) is 24.3 Å². The summed E-state index contributed by atoms with van der Waals surface area (Å²) in [7, 11) is 0. The molecule has 0 aromatic rings. The minimum absolute atomic E-state index is 0.0131. The molecular weight excluding hydrogens is 366 g/mol. The summed E-state index contributed by atoms with van der Waals surface area (Å²) in [4.78, 5) is 0. The Bertz CT molecular complexity index is 314. The number of hydrogen-bond donors (Lipinski definition) is 0. The Kier molecular flexibility index (Phi) is 23.5. The molecule has 30 heavy (non-hydrogen) atoms. The first-order valence-corrected chi connectivity index (χ1v) is 14.3. The van der Waals surface area contributed by atoms with Crippen LogP contribution < -0.4 is 0 Å². The Balaban J connectivity index is 3.10. The minimum atomic E-state index is 0.0131. The fraction of sp³-hybridized carbons (Fsp3) is 1.00. The van der Waals surface area contributed by atoms with E-state index in [1.54, 1.807) is 0 Å². The molecule has 0 amide bonds. The lowest BCUT2D eigenvalue weighted by atomic mass is 10.0. The third-order valence-electron chi connectivity index (χ3n) is 7.07. The first kappa shape index (κ1) is 29.9. The van der Waals surface area contributed by atoms with Crippen molar-refractivity contribution in [2.75, 3.05) is 19.6 Å². The Hall–Kier alpha value is -0.0800. The number of unbranched alkanes of at least 4 members (excludes halogenated alkanes) is 21. The maximum absolute atomic E-state index is 12.2.